The second-order valence-electron chi connectivity index (χ2n) is 10.0. The highest BCUT2D eigenvalue weighted by Gasteiger charge is 2.45. The van der Waals surface area contributed by atoms with Gasteiger partial charge in [0, 0.05) is 46.8 Å². The van der Waals surface area contributed by atoms with Crippen LogP contribution >= 0.6 is 0 Å². The molecule has 0 unspecified atom stereocenters. The van der Waals surface area contributed by atoms with Crippen LogP contribution in [0.2, 0.25) is 0 Å². The molecule has 2 bridgehead atoms. The number of rotatable bonds is 3. The van der Waals surface area contributed by atoms with Crippen molar-refractivity contribution in [2.75, 3.05) is 13.6 Å². The van der Waals surface area contributed by atoms with Gasteiger partial charge >= 0.3 is 6.61 Å². The molecule has 8 nitrogen and oxygen atoms in total. The first-order chi connectivity index (χ1) is 19.4. The molecule has 4 aromatic rings. The van der Waals surface area contributed by atoms with Crippen molar-refractivity contribution < 1.29 is 32.3 Å². The zero-order chi connectivity index (χ0) is 28.8. The van der Waals surface area contributed by atoms with Gasteiger partial charge in [0.05, 0.1) is 29.7 Å². The molecule has 10 heteroatoms. The number of carbonyl (C=O) groups excluding carboxylic acids is 1. The summed E-state index contributed by atoms with van der Waals surface area (Å²) in [4.78, 5) is 23.6. The monoisotopic (exact) mass is 521 g/mol. The summed E-state index contributed by atoms with van der Waals surface area (Å²) in [5, 5.41) is 10.7. The van der Waals surface area contributed by atoms with E-state index in [1.807, 2.05) is 16.7 Å². The first-order valence-corrected chi connectivity index (χ1v) is 12.2. The van der Waals surface area contributed by atoms with Crippen LogP contribution in [0, 0.1) is 0 Å². The lowest BCUT2D eigenvalue weighted by Gasteiger charge is -2.30. The maximum absolute atomic E-state index is 13.6. The van der Waals surface area contributed by atoms with E-state index in [0.717, 1.165) is 16.0 Å². The van der Waals surface area contributed by atoms with Gasteiger partial charge in [0.15, 0.2) is 0 Å². The van der Waals surface area contributed by atoms with E-state index >= 15 is 0 Å². The van der Waals surface area contributed by atoms with Gasteiger partial charge in [-0.25, -0.2) is 4.98 Å². The molecule has 3 aliphatic heterocycles. The van der Waals surface area contributed by atoms with E-state index in [4.69, 9.17) is 18.6 Å². The van der Waals surface area contributed by atoms with Crippen LogP contribution in [0.5, 0.6) is 11.5 Å². The molecule has 5 heterocycles. The summed E-state index contributed by atoms with van der Waals surface area (Å²) in [6.45, 7) is -3.90. The Morgan fingerprint density at radius 2 is 2.11 bits per heavy atom. The van der Waals surface area contributed by atoms with Crippen molar-refractivity contribution in [2.45, 2.75) is 44.1 Å². The highest BCUT2D eigenvalue weighted by molar-refractivity contribution is 5.98. The summed E-state index contributed by atoms with van der Waals surface area (Å²) in [5.74, 6) is -0.135. The summed E-state index contributed by atoms with van der Waals surface area (Å²) in [6, 6.07) is 9.89. The number of hydrogen-bond donors (Lipinski definition) is 1. The molecule has 3 aliphatic rings. The van der Waals surface area contributed by atoms with E-state index in [9.17, 15) is 18.7 Å². The molecule has 194 valence electrons. The van der Waals surface area contributed by atoms with Crippen LogP contribution in [0.4, 0.5) is 8.78 Å². The van der Waals surface area contributed by atoms with E-state index < -0.39 is 37.2 Å². The van der Waals surface area contributed by atoms with Crippen LogP contribution in [0.25, 0.3) is 22.2 Å². The summed E-state index contributed by atoms with van der Waals surface area (Å²) in [7, 11) is 0. The van der Waals surface area contributed by atoms with Gasteiger partial charge < -0.3 is 24.0 Å². The molecule has 0 saturated heterocycles. The number of alkyl halides is 2. The fourth-order valence-electron chi connectivity index (χ4n) is 5.88. The first-order valence-electron chi connectivity index (χ1n) is 13.7. The summed E-state index contributed by atoms with van der Waals surface area (Å²) < 4.78 is 63.8. The number of nitrogens with zero attached hydrogens (tertiary/aromatic N) is 4. The standard InChI is InChI=1S/C28H24F2N4O4/c1-28(36)8-9-37-22-11-15(13-31-24(22)28)14-6-7-17-18(10-14)34-19-12-20(25(34)32-17)33(2)26(35)16-4-3-5-21(23(16)19)38-27(29)30/h3-7,10-11,13,19-20,27,36H,8-9,12H2,1-2H3/t19-,20-,28+/m1/s1/i2D3. The molecule has 2 aromatic heterocycles. The first kappa shape index (κ1) is 20.0. The highest BCUT2D eigenvalue weighted by atomic mass is 19.3. The van der Waals surface area contributed by atoms with Crippen LogP contribution in [0.3, 0.4) is 0 Å². The average Bonchev–Trinajstić information content (AvgIpc) is 3.40. The molecule has 2 aromatic carbocycles. The van der Waals surface area contributed by atoms with Crippen LogP contribution in [-0.2, 0) is 5.60 Å². The molecule has 0 saturated carbocycles. The number of imidazole rings is 1. The minimum Gasteiger partial charge on any atom is -0.491 e. The maximum atomic E-state index is 13.6. The zero-order valence-electron chi connectivity index (χ0n) is 23.2. The Kier molecular flexibility index (Phi) is 4.19. The van der Waals surface area contributed by atoms with Gasteiger partial charge in [0.2, 0.25) is 0 Å². The fraction of sp³-hybridized carbons (Fsp3) is 0.321. The van der Waals surface area contributed by atoms with Crippen molar-refractivity contribution in [3.8, 4) is 22.6 Å². The summed E-state index contributed by atoms with van der Waals surface area (Å²) in [6.07, 6.45) is 2.20. The average molecular weight is 522 g/mol. The lowest BCUT2D eigenvalue weighted by atomic mass is 9.94. The normalized spacial score (nSPS) is 25.1. The second kappa shape index (κ2) is 7.97. The molecule has 0 fully saturated rings. The van der Waals surface area contributed by atoms with Gasteiger partial charge in [-0.1, -0.05) is 12.1 Å². The van der Waals surface area contributed by atoms with Gasteiger partial charge in [0.1, 0.15) is 28.6 Å². The van der Waals surface area contributed by atoms with Crippen LogP contribution < -0.4 is 9.47 Å². The van der Waals surface area contributed by atoms with Crippen molar-refractivity contribution in [1.82, 2.24) is 19.4 Å². The van der Waals surface area contributed by atoms with Crippen LogP contribution in [-0.4, -0.2) is 50.6 Å². The molecule has 38 heavy (non-hydrogen) atoms. The lowest BCUT2D eigenvalue weighted by Crippen LogP contribution is -2.30. The molecule has 7 rings (SSSR count). The fourth-order valence-corrected chi connectivity index (χ4v) is 5.88. The molecule has 3 atom stereocenters. The summed E-state index contributed by atoms with van der Waals surface area (Å²) in [5.41, 5.74) is 2.22. The molecule has 0 spiro atoms. The third-order valence-corrected chi connectivity index (χ3v) is 7.69. The minimum absolute atomic E-state index is 0.00137. The number of aromatic nitrogens is 3. The van der Waals surface area contributed by atoms with Crippen molar-refractivity contribution in [2.24, 2.45) is 0 Å². The van der Waals surface area contributed by atoms with Crippen molar-refractivity contribution in [3.63, 3.8) is 0 Å². The smallest absolute Gasteiger partial charge is 0.387 e. The predicted octanol–water partition coefficient (Wildman–Crippen LogP) is 4.81. The number of aliphatic hydroxyl groups is 1. The van der Waals surface area contributed by atoms with E-state index in [2.05, 4.69) is 4.98 Å². The molecule has 0 radical (unpaired) electrons. The highest BCUT2D eigenvalue weighted by Crippen LogP contribution is 2.50. The van der Waals surface area contributed by atoms with Gasteiger partial charge in [-0.05, 0) is 42.8 Å². The number of ether oxygens (including phenoxy) is 2. The Bertz CT molecular complexity index is 1740. The molecular weight excluding hydrogens is 494 g/mol. The topological polar surface area (TPSA) is 89.7 Å². The van der Waals surface area contributed by atoms with Crippen molar-refractivity contribution in [3.05, 3.63) is 71.3 Å². The minimum atomic E-state index is -3.14. The molecule has 1 amide bonds. The molecule has 0 aliphatic carbocycles. The maximum Gasteiger partial charge on any atom is 0.387 e. The van der Waals surface area contributed by atoms with Gasteiger partial charge in [-0.3, -0.25) is 9.78 Å². The van der Waals surface area contributed by atoms with Crippen LogP contribution in [0.1, 0.15) is 63.4 Å². The Hall–Kier alpha value is -4.05. The number of halogens is 2. The van der Waals surface area contributed by atoms with E-state index in [0.29, 0.717) is 41.3 Å². The molecule has 1 N–H and O–H groups in total. The SMILES string of the molecule is [2H]C([2H])([2H])N1C(=O)c2cccc(OC(F)F)c2[C@H]2C[C@@H]1c1nc3ccc(-c4cnc5c(c4)OCC[C@]5(C)O)cc3n12. The van der Waals surface area contributed by atoms with Gasteiger partial charge in [-0.2, -0.15) is 8.78 Å². The Balaban J connectivity index is 1.43. The molecular formula is C28H24F2N4O4. The number of amides is 1. The largest absolute Gasteiger partial charge is 0.491 e. The van der Waals surface area contributed by atoms with Crippen molar-refractivity contribution in [1.29, 1.82) is 0 Å². The van der Waals surface area contributed by atoms with Gasteiger partial charge in [-0.15, -0.1) is 0 Å². The quantitative estimate of drug-likeness (QED) is 0.416. The van der Waals surface area contributed by atoms with E-state index in [1.54, 1.807) is 25.3 Å². The zero-order valence-corrected chi connectivity index (χ0v) is 20.2. The lowest BCUT2D eigenvalue weighted by molar-refractivity contribution is -0.0507. The Morgan fingerprint density at radius 1 is 1.24 bits per heavy atom. The van der Waals surface area contributed by atoms with Gasteiger partial charge in [0.25, 0.3) is 5.91 Å². The van der Waals surface area contributed by atoms with E-state index in [1.165, 1.54) is 18.2 Å². The van der Waals surface area contributed by atoms with E-state index in [-0.39, 0.29) is 23.3 Å². The Labute approximate surface area is 220 Å². The van der Waals surface area contributed by atoms with Crippen LogP contribution in [0.15, 0.2) is 48.7 Å². The number of fused-ring (bicyclic) bond motifs is 10. The summed E-state index contributed by atoms with van der Waals surface area (Å²) >= 11 is 0. The predicted molar refractivity (Wildman–Crippen MR) is 133 cm³/mol. The third kappa shape index (κ3) is 3.26. The number of benzene rings is 2. The number of hydrogen-bond acceptors (Lipinski definition) is 6. The third-order valence-electron chi connectivity index (χ3n) is 7.69. The Morgan fingerprint density at radius 3 is 2.92 bits per heavy atom. The number of carbonyl (C=O) groups is 1. The number of pyridine rings is 1. The van der Waals surface area contributed by atoms with Crippen molar-refractivity contribution >= 4 is 16.9 Å². The second-order valence-corrected chi connectivity index (χ2v) is 10.0.